The summed E-state index contributed by atoms with van der Waals surface area (Å²) in [7, 11) is 1.74. The summed E-state index contributed by atoms with van der Waals surface area (Å²) in [5, 5.41) is 7.09. The molecule has 1 atom stereocenters. The van der Waals surface area contributed by atoms with Crippen LogP contribution in [0.15, 0.2) is 42.5 Å². The number of carbonyl (C=O) groups is 1. The first-order valence-electron chi connectivity index (χ1n) is 6.15. The largest absolute Gasteiger partial charge is 0.324 e. The zero-order valence-electron chi connectivity index (χ0n) is 10.7. The van der Waals surface area contributed by atoms with Crippen LogP contribution in [0.1, 0.15) is 11.1 Å². The fourth-order valence-corrected chi connectivity index (χ4v) is 3.14. The van der Waals surface area contributed by atoms with E-state index in [1.165, 1.54) is 0 Å². The number of likely N-dealkylation sites (N-methyl/N-ethyl adjacent to an activating group) is 1. The van der Waals surface area contributed by atoms with Gasteiger partial charge in [0, 0.05) is 26.9 Å². The maximum Gasteiger partial charge on any atom is 0.254 e. The summed E-state index contributed by atoms with van der Waals surface area (Å²) in [6.45, 7) is 0. The highest BCUT2D eigenvalue weighted by Crippen LogP contribution is 2.43. The molecule has 1 heterocycles. The van der Waals surface area contributed by atoms with Gasteiger partial charge in [0.2, 0.25) is 0 Å². The third-order valence-corrected chi connectivity index (χ3v) is 4.19. The van der Waals surface area contributed by atoms with Crippen LogP contribution >= 0.6 is 23.2 Å². The number of benzene rings is 2. The molecule has 0 saturated heterocycles. The summed E-state index contributed by atoms with van der Waals surface area (Å²) in [6.07, 6.45) is 0. The van der Waals surface area contributed by atoms with Crippen molar-refractivity contribution in [2.45, 2.75) is 5.54 Å². The molecule has 2 aromatic carbocycles. The van der Waals surface area contributed by atoms with Gasteiger partial charge in [-0.1, -0.05) is 41.4 Å². The molecule has 0 aromatic heterocycles. The quantitative estimate of drug-likeness (QED) is 0.893. The number of halogens is 2. The second-order valence-electron chi connectivity index (χ2n) is 4.62. The van der Waals surface area contributed by atoms with E-state index >= 15 is 0 Å². The monoisotopic (exact) mass is 306 g/mol. The first-order chi connectivity index (χ1) is 9.59. The molecule has 0 aliphatic carbocycles. The van der Waals surface area contributed by atoms with Crippen molar-refractivity contribution in [1.82, 2.24) is 5.32 Å². The van der Waals surface area contributed by atoms with E-state index < -0.39 is 5.54 Å². The Hall–Kier alpha value is -1.55. The number of nitrogens with one attached hydrogen (secondary N) is 2. The molecule has 1 aliphatic rings. The molecule has 0 bridgehead atoms. The Labute approximate surface area is 126 Å². The third kappa shape index (κ3) is 1.74. The van der Waals surface area contributed by atoms with Gasteiger partial charge in [-0.25, -0.2) is 0 Å². The SMILES string of the molecule is CNC1(c2ccccc2Cl)C(=O)Nc2ccc(Cl)cc21. The lowest BCUT2D eigenvalue weighted by Crippen LogP contribution is -2.47. The number of amides is 1. The Bertz CT molecular complexity index is 702. The third-order valence-electron chi connectivity index (χ3n) is 3.63. The summed E-state index contributed by atoms with van der Waals surface area (Å²) in [5.74, 6) is -0.162. The van der Waals surface area contributed by atoms with Crippen molar-refractivity contribution >= 4 is 34.8 Å². The number of rotatable bonds is 2. The standard InChI is InChI=1S/C15H12Cl2N2O/c1-18-15(10-4-2-3-5-12(10)17)11-8-9(16)6-7-13(11)19-14(15)20/h2-8,18H,1H3,(H,19,20). The molecule has 1 aliphatic heterocycles. The predicted octanol–water partition coefficient (Wildman–Crippen LogP) is 3.41. The van der Waals surface area contributed by atoms with Gasteiger partial charge in [-0.15, -0.1) is 0 Å². The maximum atomic E-state index is 12.6. The maximum absolute atomic E-state index is 12.6. The molecule has 1 amide bonds. The van der Waals surface area contributed by atoms with Crippen LogP contribution in [0.25, 0.3) is 0 Å². The van der Waals surface area contributed by atoms with Crippen molar-refractivity contribution in [3.63, 3.8) is 0 Å². The molecule has 20 heavy (non-hydrogen) atoms. The Morgan fingerprint density at radius 1 is 1.10 bits per heavy atom. The number of hydrogen-bond donors (Lipinski definition) is 2. The van der Waals surface area contributed by atoms with E-state index in [1.807, 2.05) is 18.2 Å². The van der Waals surface area contributed by atoms with Crippen molar-refractivity contribution in [3.05, 3.63) is 63.6 Å². The molecular weight excluding hydrogens is 295 g/mol. The van der Waals surface area contributed by atoms with Gasteiger partial charge in [-0.2, -0.15) is 0 Å². The second kappa shape index (κ2) is 4.77. The summed E-state index contributed by atoms with van der Waals surface area (Å²) >= 11 is 12.4. The molecule has 0 radical (unpaired) electrons. The van der Waals surface area contributed by atoms with E-state index in [1.54, 1.807) is 31.3 Å². The molecule has 2 aromatic rings. The lowest BCUT2D eigenvalue weighted by atomic mass is 9.84. The molecule has 3 nitrogen and oxygen atoms in total. The first-order valence-corrected chi connectivity index (χ1v) is 6.90. The molecular formula is C15H12Cl2N2O. The van der Waals surface area contributed by atoms with Crippen molar-refractivity contribution in [2.75, 3.05) is 12.4 Å². The van der Waals surface area contributed by atoms with Gasteiger partial charge in [0.1, 0.15) is 0 Å². The van der Waals surface area contributed by atoms with Crippen molar-refractivity contribution in [3.8, 4) is 0 Å². The highest BCUT2D eigenvalue weighted by molar-refractivity contribution is 6.32. The smallest absolute Gasteiger partial charge is 0.254 e. The van der Waals surface area contributed by atoms with Crippen molar-refractivity contribution in [2.24, 2.45) is 0 Å². The first kappa shape index (κ1) is 13.4. The normalized spacial score (nSPS) is 20.6. The molecule has 0 saturated carbocycles. The van der Waals surface area contributed by atoms with Gasteiger partial charge < -0.3 is 5.32 Å². The van der Waals surface area contributed by atoms with Crippen LogP contribution in [-0.4, -0.2) is 13.0 Å². The Balaban J connectivity index is 2.32. The van der Waals surface area contributed by atoms with Gasteiger partial charge in [0.25, 0.3) is 5.91 Å². The van der Waals surface area contributed by atoms with E-state index in [4.69, 9.17) is 23.2 Å². The molecule has 5 heteroatoms. The number of fused-ring (bicyclic) bond motifs is 1. The van der Waals surface area contributed by atoms with Gasteiger partial charge >= 0.3 is 0 Å². The van der Waals surface area contributed by atoms with Crippen molar-refractivity contribution < 1.29 is 4.79 Å². The summed E-state index contributed by atoms with van der Waals surface area (Å²) in [4.78, 5) is 12.6. The fraction of sp³-hybridized carbons (Fsp3) is 0.133. The minimum atomic E-state index is -1.02. The van der Waals surface area contributed by atoms with E-state index in [0.717, 1.165) is 11.3 Å². The van der Waals surface area contributed by atoms with E-state index in [0.29, 0.717) is 15.6 Å². The van der Waals surface area contributed by atoms with Crippen LogP contribution in [0.2, 0.25) is 10.0 Å². The summed E-state index contributed by atoms with van der Waals surface area (Å²) in [5.41, 5.74) is 1.22. The highest BCUT2D eigenvalue weighted by atomic mass is 35.5. The van der Waals surface area contributed by atoms with Gasteiger partial charge in [-0.3, -0.25) is 10.1 Å². The zero-order chi connectivity index (χ0) is 14.3. The lowest BCUT2D eigenvalue weighted by molar-refractivity contribution is -0.120. The van der Waals surface area contributed by atoms with E-state index in [-0.39, 0.29) is 5.91 Å². The van der Waals surface area contributed by atoms with Crippen LogP contribution in [-0.2, 0) is 10.3 Å². The highest BCUT2D eigenvalue weighted by Gasteiger charge is 2.48. The van der Waals surface area contributed by atoms with Crippen LogP contribution in [0.3, 0.4) is 0 Å². The molecule has 3 rings (SSSR count). The van der Waals surface area contributed by atoms with Crippen LogP contribution in [0, 0.1) is 0 Å². The van der Waals surface area contributed by atoms with Crippen LogP contribution in [0.4, 0.5) is 5.69 Å². The second-order valence-corrected chi connectivity index (χ2v) is 5.47. The minimum Gasteiger partial charge on any atom is -0.324 e. The summed E-state index contributed by atoms with van der Waals surface area (Å²) in [6, 6.07) is 12.6. The fourth-order valence-electron chi connectivity index (χ4n) is 2.69. The van der Waals surface area contributed by atoms with Crippen LogP contribution in [0.5, 0.6) is 0 Å². The molecule has 0 spiro atoms. The van der Waals surface area contributed by atoms with Gasteiger partial charge in [0.15, 0.2) is 5.54 Å². The van der Waals surface area contributed by atoms with Crippen molar-refractivity contribution in [1.29, 1.82) is 0 Å². The minimum absolute atomic E-state index is 0.162. The topological polar surface area (TPSA) is 41.1 Å². The summed E-state index contributed by atoms with van der Waals surface area (Å²) < 4.78 is 0. The Kier molecular flexibility index (Phi) is 3.21. The lowest BCUT2D eigenvalue weighted by Gasteiger charge is -2.28. The van der Waals surface area contributed by atoms with E-state index in [9.17, 15) is 4.79 Å². The predicted molar refractivity (Wildman–Crippen MR) is 81.4 cm³/mol. The Morgan fingerprint density at radius 2 is 1.85 bits per heavy atom. The molecule has 0 fully saturated rings. The molecule has 102 valence electrons. The average molecular weight is 307 g/mol. The molecule has 1 unspecified atom stereocenters. The molecule has 2 N–H and O–H groups in total. The van der Waals surface area contributed by atoms with E-state index in [2.05, 4.69) is 10.6 Å². The van der Waals surface area contributed by atoms with Gasteiger partial charge in [0.05, 0.1) is 0 Å². The Morgan fingerprint density at radius 3 is 2.55 bits per heavy atom. The number of carbonyl (C=O) groups excluding carboxylic acids is 1. The number of hydrogen-bond acceptors (Lipinski definition) is 2. The van der Waals surface area contributed by atoms with Gasteiger partial charge in [-0.05, 0) is 31.3 Å². The van der Waals surface area contributed by atoms with Crippen LogP contribution < -0.4 is 10.6 Å². The average Bonchev–Trinajstić information content (AvgIpc) is 2.72. The zero-order valence-corrected chi connectivity index (χ0v) is 12.2. The number of anilines is 1.